The van der Waals surface area contributed by atoms with Gasteiger partial charge in [-0.25, -0.2) is 4.79 Å². The van der Waals surface area contributed by atoms with Crippen LogP contribution < -0.4 is 27.4 Å². The molecule has 0 bridgehead atoms. The lowest BCUT2D eigenvalue weighted by Gasteiger charge is -2.25. The molecule has 8 N–H and O–H groups in total. The van der Waals surface area contributed by atoms with Gasteiger partial charge in [-0.15, -0.1) is 0 Å². The van der Waals surface area contributed by atoms with E-state index in [0.717, 1.165) is 5.56 Å². The van der Waals surface area contributed by atoms with Crippen molar-refractivity contribution in [2.24, 2.45) is 17.4 Å². The molecule has 0 spiro atoms. The first-order chi connectivity index (χ1) is 15.4. The Bertz CT molecular complexity index is 845. The fraction of sp³-hybridized carbons (Fsp3) is 0.500. The number of carbonyl (C=O) groups excluding carboxylic acids is 4. The van der Waals surface area contributed by atoms with Gasteiger partial charge in [0.1, 0.15) is 18.1 Å². The van der Waals surface area contributed by atoms with Gasteiger partial charge in [-0.1, -0.05) is 44.2 Å². The van der Waals surface area contributed by atoms with Crippen LogP contribution in [0.1, 0.15) is 39.2 Å². The Balaban J connectivity index is 2.71. The molecule has 0 fully saturated rings. The van der Waals surface area contributed by atoms with Crippen LogP contribution in [0, 0.1) is 5.92 Å². The number of primary amides is 1. The lowest BCUT2D eigenvalue weighted by Crippen LogP contribution is -2.57. The maximum atomic E-state index is 12.7. The fourth-order valence-corrected chi connectivity index (χ4v) is 2.97. The van der Waals surface area contributed by atoms with Crippen molar-refractivity contribution in [3.63, 3.8) is 0 Å². The molecule has 4 atom stereocenters. The van der Waals surface area contributed by atoms with Crippen LogP contribution in [0.4, 0.5) is 0 Å². The second kappa shape index (κ2) is 13.2. The number of carboxylic acid groups (broad SMARTS) is 1. The Morgan fingerprint density at radius 1 is 0.909 bits per heavy atom. The average Bonchev–Trinajstić information content (AvgIpc) is 2.74. The van der Waals surface area contributed by atoms with Crippen molar-refractivity contribution in [1.29, 1.82) is 0 Å². The molecule has 33 heavy (non-hydrogen) atoms. The van der Waals surface area contributed by atoms with Crippen molar-refractivity contribution in [3.8, 4) is 0 Å². The van der Waals surface area contributed by atoms with E-state index in [-0.39, 0.29) is 18.8 Å². The molecular formula is C22H33N5O6. The first kappa shape index (κ1) is 27.6. The van der Waals surface area contributed by atoms with Crippen LogP contribution in [0.3, 0.4) is 0 Å². The average molecular weight is 464 g/mol. The Labute approximate surface area is 192 Å². The molecule has 0 aliphatic carbocycles. The van der Waals surface area contributed by atoms with Gasteiger partial charge in [0.25, 0.3) is 0 Å². The van der Waals surface area contributed by atoms with Crippen molar-refractivity contribution < 1.29 is 29.1 Å². The molecule has 182 valence electrons. The highest BCUT2D eigenvalue weighted by atomic mass is 16.4. The second-order valence-electron chi connectivity index (χ2n) is 8.16. The molecular weight excluding hydrogens is 430 g/mol. The third-order valence-corrected chi connectivity index (χ3v) is 4.93. The molecule has 4 unspecified atom stereocenters. The summed E-state index contributed by atoms with van der Waals surface area (Å²) in [6.45, 7) is 4.82. The predicted octanol–water partition coefficient (Wildman–Crippen LogP) is -0.963. The summed E-state index contributed by atoms with van der Waals surface area (Å²) < 4.78 is 0. The Kier molecular flexibility index (Phi) is 11.0. The number of aliphatic carboxylic acids is 1. The van der Waals surface area contributed by atoms with E-state index in [0.29, 0.717) is 6.42 Å². The predicted molar refractivity (Wildman–Crippen MR) is 120 cm³/mol. The number of carbonyl (C=O) groups is 5. The molecule has 0 heterocycles. The minimum atomic E-state index is -1.33. The monoisotopic (exact) mass is 463 g/mol. The number of carboxylic acids is 1. The first-order valence-corrected chi connectivity index (χ1v) is 10.6. The first-order valence-electron chi connectivity index (χ1n) is 10.6. The fourth-order valence-electron chi connectivity index (χ4n) is 2.97. The molecule has 4 amide bonds. The maximum Gasteiger partial charge on any atom is 0.326 e. The smallest absolute Gasteiger partial charge is 0.326 e. The summed E-state index contributed by atoms with van der Waals surface area (Å²) in [7, 11) is 0. The summed E-state index contributed by atoms with van der Waals surface area (Å²) in [5.74, 6) is -4.22. The minimum Gasteiger partial charge on any atom is -0.480 e. The van der Waals surface area contributed by atoms with E-state index in [1.54, 1.807) is 13.8 Å². The lowest BCUT2D eigenvalue weighted by molar-refractivity contribution is -0.142. The Morgan fingerprint density at radius 2 is 1.52 bits per heavy atom. The van der Waals surface area contributed by atoms with Crippen LogP contribution in [0.25, 0.3) is 0 Å². The van der Waals surface area contributed by atoms with Crippen LogP contribution in [0.2, 0.25) is 0 Å². The van der Waals surface area contributed by atoms with E-state index < -0.39 is 53.8 Å². The standard InChI is InChI=1S/C22H33N5O6/c1-12(2)18(27-20(30)15(23)11-14-7-5-4-6-8-14)21(31)25-13(3)19(29)26-16(22(32)33)9-10-17(24)28/h4-8,12-13,15-16,18H,9-11,23H2,1-3H3,(H2,24,28)(H,25,31)(H,26,29)(H,27,30)(H,32,33). The highest BCUT2D eigenvalue weighted by Crippen LogP contribution is 2.06. The van der Waals surface area contributed by atoms with Crippen LogP contribution in [-0.2, 0) is 30.4 Å². The zero-order chi connectivity index (χ0) is 25.1. The maximum absolute atomic E-state index is 12.7. The largest absolute Gasteiger partial charge is 0.480 e. The lowest BCUT2D eigenvalue weighted by atomic mass is 10.0. The van der Waals surface area contributed by atoms with E-state index in [4.69, 9.17) is 11.5 Å². The Hall–Kier alpha value is -3.47. The summed E-state index contributed by atoms with van der Waals surface area (Å²) in [4.78, 5) is 59.8. The molecule has 0 aromatic heterocycles. The summed E-state index contributed by atoms with van der Waals surface area (Å²) in [5.41, 5.74) is 11.9. The number of hydrogen-bond donors (Lipinski definition) is 6. The third kappa shape index (κ3) is 9.69. The molecule has 11 heteroatoms. The number of amides is 4. The summed E-state index contributed by atoms with van der Waals surface area (Å²) >= 11 is 0. The normalized spacial score (nSPS) is 14.5. The second-order valence-corrected chi connectivity index (χ2v) is 8.16. The number of nitrogens with one attached hydrogen (secondary N) is 3. The van der Waals surface area contributed by atoms with E-state index in [1.807, 2.05) is 30.3 Å². The van der Waals surface area contributed by atoms with Gasteiger partial charge in [0.05, 0.1) is 6.04 Å². The number of hydrogen-bond acceptors (Lipinski definition) is 6. The SMILES string of the molecule is CC(NC(=O)C(NC(=O)C(N)Cc1ccccc1)C(C)C)C(=O)NC(CCC(N)=O)C(=O)O. The van der Waals surface area contributed by atoms with Gasteiger partial charge >= 0.3 is 5.97 Å². The molecule has 1 aromatic rings. The summed E-state index contributed by atoms with van der Waals surface area (Å²) in [6, 6.07) is 4.94. The molecule has 0 saturated heterocycles. The van der Waals surface area contributed by atoms with Gasteiger partial charge in [0.2, 0.25) is 23.6 Å². The van der Waals surface area contributed by atoms with Crippen LogP contribution in [-0.4, -0.2) is 58.9 Å². The van der Waals surface area contributed by atoms with E-state index in [1.165, 1.54) is 6.92 Å². The molecule has 1 rings (SSSR count). The third-order valence-electron chi connectivity index (χ3n) is 4.93. The minimum absolute atomic E-state index is 0.180. The molecule has 0 aliphatic heterocycles. The molecule has 0 aliphatic rings. The quantitative estimate of drug-likeness (QED) is 0.217. The van der Waals surface area contributed by atoms with E-state index in [9.17, 15) is 29.1 Å². The van der Waals surface area contributed by atoms with E-state index >= 15 is 0 Å². The molecule has 0 saturated carbocycles. The van der Waals surface area contributed by atoms with Crippen molar-refractivity contribution in [2.75, 3.05) is 0 Å². The van der Waals surface area contributed by atoms with Crippen LogP contribution in [0.5, 0.6) is 0 Å². The highest BCUT2D eigenvalue weighted by Gasteiger charge is 2.30. The van der Waals surface area contributed by atoms with E-state index in [2.05, 4.69) is 16.0 Å². The van der Waals surface area contributed by atoms with Crippen LogP contribution in [0.15, 0.2) is 30.3 Å². The number of benzene rings is 1. The van der Waals surface area contributed by atoms with Crippen molar-refractivity contribution >= 4 is 29.6 Å². The molecule has 0 radical (unpaired) electrons. The number of rotatable bonds is 13. The topological polar surface area (TPSA) is 194 Å². The van der Waals surface area contributed by atoms with Gasteiger partial charge in [-0.2, -0.15) is 0 Å². The van der Waals surface area contributed by atoms with Gasteiger partial charge in [-0.05, 0) is 31.2 Å². The zero-order valence-electron chi connectivity index (χ0n) is 19.0. The van der Waals surface area contributed by atoms with Crippen molar-refractivity contribution in [3.05, 3.63) is 35.9 Å². The van der Waals surface area contributed by atoms with Gasteiger partial charge in [0.15, 0.2) is 0 Å². The van der Waals surface area contributed by atoms with Crippen molar-refractivity contribution in [1.82, 2.24) is 16.0 Å². The molecule has 1 aromatic carbocycles. The summed E-state index contributed by atoms with van der Waals surface area (Å²) in [5, 5.41) is 16.6. The summed E-state index contributed by atoms with van der Waals surface area (Å²) in [6.07, 6.45) is -0.108. The Morgan fingerprint density at radius 3 is 2.03 bits per heavy atom. The van der Waals surface area contributed by atoms with Gasteiger partial charge in [-0.3, -0.25) is 19.2 Å². The number of nitrogens with two attached hydrogens (primary N) is 2. The van der Waals surface area contributed by atoms with Crippen molar-refractivity contribution in [2.45, 2.75) is 64.2 Å². The van der Waals surface area contributed by atoms with Gasteiger partial charge in [0, 0.05) is 6.42 Å². The highest BCUT2D eigenvalue weighted by molar-refractivity contribution is 5.94. The van der Waals surface area contributed by atoms with Crippen LogP contribution >= 0.6 is 0 Å². The zero-order valence-corrected chi connectivity index (χ0v) is 19.0. The molecule has 11 nitrogen and oxygen atoms in total. The van der Waals surface area contributed by atoms with Gasteiger partial charge < -0.3 is 32.5 Å².